The molecule has 4 aliphatic carbocycles. The lowest BCUT2D eigenvalue weighted by Crippen LogP contribution is -2.53. The molecule has 4 bridgehead atoms. The highest BCUT2D eigenvalue weighted by atomic mass is 16.7. The Balaban J connectivity index is 1.50. The van der Waals surface area contributed by atoms with Crippen molar-refractivity contribution in [1.82, 2.24) is 0 Å². The SMILES string of the molecule is CCC(C)(C)C(=O)OCOCC12CC3CC(CC(C3)C1C)C2. The first-order chi connectivity index (χ1) is 10.4. The summed E-state index contributed by atoms with van der Waals surface area (Å²) in [7, 11) is 0. The Morgan fingerprint density at radius 1 is 1.18 bits per heavy atom. The van der Waals surface area contributed by atoms with E-state index in [1.54, 1.807) is 0 Å². The third-order valence-electron chi connectivity index (χ3n) is 7.10. The predicted octanol–water partition coefficient (Wildman–Crippen LogP) is 4.40. The largest absolute Gasteiger partial charge is 0.438 e. The Labute approximate surface area is 135 Å². The van der Waals surface area contributed by atoms with E-state index in [-0.39, 0.29) is 12.8 Å². The zero-order chi connectivity index (χ0) is 16.0. The van der Waals surface area contributed by atoms with Gasteiger partial charge in [0.05, 0.1) is 12.0 Å². The van der Waals surface area contributed by atoms with Crippen LogP contribution >= 0.6 is 0 Å². The van der Waals surface area contributed by atoms with E-state index in [0.29, 0.717) is 5.41 Å². The molecule has 3 heteroatoms. The van der Waals surface area contributed by atoms with Crippen LogP contribution in [-0.2, 0) is 14.3 Å². The number of ether oxygens (including phenoxy) is 2. The van der Waals surface area contributed by atoms with Crippen LogP contribution in [0.25, 0.3) is 0 Å². The summed E-state index contributed by atoms with van der Waals surface area (Å²) in [6.45, 7) is 9.19. The maximum Gasteiger partial charge on any atom is 0.313 e. The topological polar surface area (TPSA) is 35.5 Å². The summed E-state index contributed by atoms with van der Waals surface area (Å²) in [5.41, 5.74) is -0.0429. The molecule has 126 valence electrons. The van der Waals surface area contributed by atoms with Crippen molar-refractivity contribution in [2.45, 2.75) is 66.2 Å². The van der Waals surface area contributed by atoms with Crippen LogP contribution in [0, 0.1) is 34.5 Å². The van der Waals surface area contributed by atoms with Gasteiger partial charge in [-0.3, -0.25) is 4.79 Å². The fourth-order valence-electron chi connectivity index (χ4n) is 5.39. The molecule has 4 saturated carbocycles. The first kappa shape index (κ1) is 16.3. The summed E-state index contributed by atoms with van der Waals surface area (Å²) in [6.07, 6.45) is 7.78. The van der Waals surface area contributed by atoms with E-state index in [1.165, 1.54) is 32.1 Å². The van der Waals surface area contributed by atoms with Gasteiger partial charge in [-0.2, -0.15) is 0 Å². The number of hydrogen-bond acceptors (Lipinski definition) is 3. The van der Waals surface area contributed by atoms with Crippen LogP contribution < -0.4 is 0 Å². The molecule has 0 heterocycles. The van der Waals surface area contributed by atoms with Gasteiger partial charge in [0.25, 0.3) is 0 Å². The van der Waals surface area contributed by atoms with Crippen molar-refractivity contribution in [3.63, 3.8) is 0 Å². The minimum atomic E-state index is -0.405. The van der Waals surface area contributed by atoms with Gasteiger partial charge >= 0.3 is 5.97 Å². The fourth-order valence-corrected chi connectivity index (χ4v) is 5.39. The van der Waals surface area contributed by atoms with Crippen LogP contribution in [-0.4, -0.2) is 19.4 Å². The number of carbonyl (C=O) groups excluding carboxylic acids is 1. The van der Waals surface area contributed by atoms with E-state index in [9.17, 15) is 4.79 Å². The maximum absolute atomic E-state index is 12.0. The lowest BCUT2D eigenvalue weighted by atomic mass is 9.46. The van der Waals surface area contributed by atoms with Crippen LogP contribution in [0.1, 0.15) is 66.2 Å². The molecule has 4 rings (SSSR count). The lowest BCUT2D eigenvalue weighted by Gasteiger charge is -2.60. The molecular weight excluding hydrogens is 276 g/mol. The molecule has 4 fully saturated rings. The van der Waals surface area contributed by atoms with Gasteiger partial charge in [0.2, 0.25) is 0 Å². The smallest absolute Gasteiger partial charge is 0.313 e. The second-order valence-corrected chi connectivity index (χ2v) is 8.89. The Bertz CT molecular complexity index is 414. The minimum absolute atomic E-state index is 0.122. The van der Waals surface area contributed by atoms with Crippen LogP contribution in [0.3, 0.4) is 0 Å². The molecule has 0 aromatic rings. The van der Waals surface area contributed by atoms with Crippen molar-refractivity contribution >= 4 is 5.97 Å². The van der Waals surface area contributed by atoms with E-state index in [2.05, 4.69) is 6.92 Å². The molecule has 3 nitrogen and oxygen atoms in total. The Kier molecular flexibility index (Phi) is 4.30. The van der Waals surface area contributed by atoms with Crippen LogP contribution in [0.4, 0.5) is 0 Å². The summed E-state index contributed by atoms with van der Waals surface area (Å²) >= 11 is 0. The predicted molar refractivity (Wildman–Crippen MR) is 86.1 cm³/mol. The molecule has 0 saturated heterocycles. The summed E-state index contributed by atoms with van der Waals surface area (Å²) in [5.74, 6) is 3.39. The van der Waals surface area contributed by atoms with Gasteiger partial charge in [0.1, 0.15) is 0 Å². The van der Waals surface area contributed by atoms with E-state index < -0.39 is 5.41 Å². The minimum Gasteiger partial charge on any atom is -0.438 e. The normalized spacial score (nSPS) is 40.0. The summed E-state index contributed by atoms with van der Waals surface area (Å²) < 4.78 is 11.2. The van der Waals surface area contributed by atoms with Gasteiger partial charge in [0.15, 0.2) is 6.79 Å². The third-order valence-corrected chi connectivity index (χ3v) is 7.10. The van der Waals surface area contributed by atoms with E-state index >= 15 is 0 Å². The number of rotatable bonds is 6. The first-order valence-corrected chi connectivity index (χ1v) is 9.11. The standard InChI is InChI=1S/C19H32O3/c1-5-18(3,4)17(20)22-12-21-11-19-9-14-6-15(10-19)8-16(7-14)13(19)2/h13-16H,5-12H2,1-4H3. The van der Waals surface area contributed by atoms with Crippen molar-refractivity contribution in [2.24, 2.45) is 34.5 Å². The Morgan fingerprint density at radius 2 is 1.82 bits per heavy atom. The fraction of sp³-hybridized carbons (Fsp3) is 0.947. The quantitative estimate of drug-likeness (QED) is 0.414. The second-order valence-electron chi connectivity index (χ2n) is 8.89. The zero-order valence-electron chi connectivity index (χ0n) is 14.7. The zero-order valence-corrected chi connectivity index (χ0v) is 14.7. The molecule has 0 amide bonds. The van der Waals surface area contributed by atoms with Crippen molar-refractivity contribution in [3.8, 4) is 0 Å². The molecule has 3 unspecified atom stereocenters. The van der Waals surface area contributed by atoms with E-state index in [1.807, 2.05) is 20.8 Å². The molecule has 0 aliphatic heterocycles. The van der Waals surface area contributed by atoms with E-state index in [0.717, 1.165) is 36.7 Å². The maximum atomic E-state index is 12.0. The number of carbonyl (C=O) groups is 1. The molecule has 0 aromatic carbocycles. The number of hydrogen-bond donors (Lipinski definition) is 0. The average molecular weight is 308 g/mol. The molecule has 4 aliphatic rings. The lowest BCUT2D eigenvalue weighted by molar-refractivity contribution is -0.182. The van der Waals surface area contributed by atoms with Crippen LogP contribution in [0.15, 0.2) is 0 Å². The molecule has 0 spiro atoms. The van der Waals surface area contributed by atoms with Gasteiger partial charge in [-0.1, -0.05) is 13.8 Å². The van der Waals surface area contributed by atoms with Gasteiger partial charge in [-0.15, -0.1) is 0 Å². The van der Waals surface area contributed by atoms with Crippen LogP contribution in [0.5, 0.6) is 0 Å². The highest BCUT2D eigenvalue weighted by molar-refractivity contribution is 5.75. The van der Waals surface area contributed by atoms with E-state index in [4.69, 9.17) is 9.47 Å². The molecular formula is C19H32O3. The van der Waals surface area contributed by atoms with Crippen molar-refractivity contribution in [1.29, 1.82) is 0 Å². The summed E-state index contributed by atoms with van der Waals surface area (Å²) in [4.78, 5) is 12.0. The third kappa shape index (κ3) is 2.81. The molecule has 0 radical (unpaired) electrons. The molecule has 0 aromatic heterocycles. The molecule has 0 N–H and O–H groups in total. The summed E-state index contributed by atoms with van der Waals surface area (Å²) in [5, 5.41) is 0. The average Bonchev–Trinajstić information content (AvgIpc) is 2.48. The van der Waals surface area contributed by atoms with Gasteiger partial charge in [-0.25, -0.2) is 0 Å². The highest BCUT2D eigenvalue weighted by Crippen LogP contribution is 2.62. The monoisotopic (exact) mass is 308 g/mol. The number of esters is 1. The van der Waals surface area contributed by atoms with Crippen molar-refractivity contribution < 1.29 is 14.3 Å². The Morgan fingerprint density at radius 3 is 2.41 bits per heavy atom. The van der Waals surface area contributed by atoms with Gasteiger partial charge in [0, 0.05) is 0 Å². The van der Waals surface area contributed by atoms with Crippen molar-refractivity contribution in [3.05, 3.63) is 0 Å². The second kappa shape index (κ2) is 5.81. The van der Waals surface area contributed by atoms with Gasteiger partial charge in [-0.05, 0) is 81.5 Å². The van der Waals surface area contributed by atoms with Gasteiger partial charge < -0.3 is 9.47 Å². The Hall–Kier alpha value is -0.570. The molecule has 3 atom stereocenters. The first-order valence-electron chi connectivity index (χ1n) is 9.11. The molecule has 22 heavy (non-hydrogen) atoms. The summed E-state index contributed by atoms with van der Waals surface area (Å²) in [6, 6.07) is 0. The van der Waals surface area contributed by atoms with Crippen LogP contribution in [0.2, 0.25) is 0 Å². The highest BCUT2D eigenvalue weighted by Gasteiger charge is 2.55. The van der Waals surface area contributed by atoms with Crippen molar-refractivity contribution in [2.75, 3.05) is 13.4 Å².